The van der Waals surface area contributed by atoms with Crippen LogP contribution < -0.4 is 10.6 Å². The average Bonchev–Trinajstić information content (AvgIpc) is 2.83. The number of carbonyl (C=O) groups excluding carboxylic acids is 1. The molecule has 7 N–H and O–H groups in total. The number of aliphatic hydroxyl groups is 5. The first-order valence-corrected chi connectivity index (χ1v) is 12.3. The van der Waals surface area contributed by atoms with Crippen LogP contribution in [-0.4, -0.2) is 98.8 Å². The van der Waals surface area contributed by atoms with Crippen LogP contribution in [0.3, 0.4) is 0 Å². The summed E-state index contributed by atoms with van der Waals surface area (Å²) in [6, 6.07) is 4.66. The van der Waals surface area contributed by atoms with Gasteiger partial charge in [0.1, 0.15) is 29.7 Å². The number of rotatable bonds is 7. The number of ether oxygens (including phenoxy) is 1. The first kappa shape index (κ1) is 28.0. The highest BCUT2D eigenvalue weighted by atomic mass is 127. The summed E-state index contributed by atoms with van der Waals surface area (Å²) in [6.45, 7) is -1.33. The van der Waals surface area contributed by atoms with Gasteiger partial charge < -0.3 is 45.8 Å². The summed E-state index contributed by atoms with van der Waals surface area (Å²) < 4.78 is 48.5. The number of carbonyl (C=O) groups is 1. The van der Waals surface area contributed by atoms with Crippen molar-refractivity contribution >= 4 is 39.9 Å². The topological polar surface area (TPSA) is 155 Å². The maximum absolute atomic E-state index is 14.7. The molecule has 0 bridgehead atoms. The summed E-state index contributed by atoms with van der Waals surface area (Å²) in [6.07, 6.45) is -5.78. The Morgan fingerprint density at radius 3 is 2.46 bits per heavy atom. The van der Waals surface area contributed by atoms with E-state index >= 15 is 0 Å². The number of anilines is 2. The standard InChI is InChI=1S/C23H25F3IN3O7/c24-12-3-2-11(17(16(12)26)29-14-4-1-10(27)5-13(14)25)21(34)30-8-23(36,9-30)7-28-18-20(33)19(32)15(6-31)37-22(18)35/h1-5,15,18-20,22,28-29,31-33,35-36H,6-9H2/t15-,18?,19-,20-,22-/m1/s1. The maximum Gasteiger partial charge on any atom is 0.256 e. The zero-order valence-corrected chi connectivity index (χ0v) is 21.3. The van der Waals surface area contributed by atoms with Crippen LogP contribution in [0.15, 0.2) is 30.3 Å². The van der Waals surface area contributed by atoms with Gasteiger partial charge in [-0.1, -0.05) is 0 Å². The van der Waals surface area contributed by atoms with E-state index in [4.69, 9.17) is 9.84 Å². The summed E-state index contributed by atoms with van der Waals surface area (Å²) >= 11 is 1.88. The fourth-order valence-corrected chi connectivity index (χ4v) is 4.75. The van der Waals surface area contributed by atoms with Crippen LogP contribution in [0.1, 0.15) is 10.4 Å². The third kappa shape index (κ3) is 5.70. The van der Waals surface area contributed by atoms with Gasteiger partial charge >= 0.3 is 0 Å². The van der Waals surface area contributed by atoms with Gasteiger partial charge in [-0.2, -0.15) is 0 Å². The van der Waals surface area contributed by atoms with E-state index in [1.807, 2.05) is 22.6 Å². The Bertz CT molecular complexity index is 1170. The molecule has 2 aromatic rings. The molecule has 0 radical (unpaired) electrons. The Balaban J connectivity index is 1.43. The average molecular weight is 639 g/mol. The minimum atomic E-state index is -1.59. The molecule has 2 saturated heterocycles. The molecule has 10 nitrogen and oxygen atoms in total. The predicted octanol–water partition coefficient (Wildman–Crippen LogP) is 0.0285. The smallest absolute Gasteiger partial charge is 0.256 e. The molecule has 0 aromatic heterocycles. The molecule has 2 heterocycles. The fraction of sp³-hybridized carbons (Fsp3) is 0.435. The Labute approximate surface area is 222 Å². The lowest BCUT2D eigenvalue weighted by atomic mass is 9.91. The molecule has 4 rings (SSSR count). The largest absolute Gasteiger partial charge is 0.394 e. The highest BCUT2D eigenvalue weighted by Crippen LogP contribution is 2.32. The number of hydrogen-bond donors (Lipinski definition) is 7. The number of halogens is 4. The number of aliphatic hydroxyl groups excluding tert-OH is 4. The summed E-state index contributed by atoms with van der Waals surface area (Å²) in [5.41, 5.74) is -2.52. The van der Waals surface area contributed by atoms with Crippen molar-refractivity contribution in [2.75, 3.05) is 31.6 Å². The van der Waals surface area contributed by atoms with Crippen LogP contribution in [0.4, 0.5) is 24.5 Å². The monoisotopic (exact) mass is 639 g/mol. The summed E-state index contributed by atoms with van der Waals surface area (Å²) in [5, 5.41) is 55.3. The maximum atomic E-state index is 14.7. The normalized spacial score (nSPS) is 27.1. The lowest BCUT2D eigenvalue weighted by molar-refractivity contribution is -0.256. The Morgan fingerprint density at radius 2 is 1.81 bits per heavy atom. The molecule has 0 aliphatic carbocycles. The van der Waals surface area contributed by atoms with E-state index in [0.29, 0.717) is 3.57 Å². The number of likely N-dealkylation sites (tertiary alicyclic amines) is 1. The first-order valence-electron chi connectivity index (χ1n) is 11.2. The van der Waals surface area contributed by atoms with Gasteiger partial charge in [0, 0.05) is 10.1 Å². The molecule has 14 heteroatoms. The van der Waals surface area contributed by atoms with E-state index in [2.05, 4.69) is 10.6 Å². The minimum Gasteiger partial charge on any atom is -0.394 e. The SMILES string of the molecule is O=C(c1ccc(F)c(F)c1Nc1ccc(I)cc1F)N1CC(O)(CNC2[C@H](O)O[C@H](CO)[C@@H](O)[C@@H]2O)C1. The second kappa shape index (κ2) is 11.0. The van der Waals surface area contributed by atoms with Crippen LogP contribution in [0.2, 0.25) is 0 Å². The van der Waals surface area contributed by atoms with Gasteiger partial charge in [0.15, 0.2) is 17.9 Å². The molecule has 2 aliphatic heterocycles. The van der Waals surface area contributed by atoms with Crippen molar-refractivity contribution < 1.29 is 48.2 Å². The van der Waals surface area contributed by atoms with Crippen LogP contribution in [-0.2, 0) is 4.74 Å². The van der Waals surface area contributed by atoms with E-state index in [9.17, 15) is 38.4 Å². The molecule has 5 atom stereocenters. The van der Waals surface area contributed by atoms with Crippen molar-refractivity contribution in [3.8, 4) is 0 Å². The van der Waals surface area contributed by atoms with Gasteiger partial charge in [0.25, 0.3) is 5.91 Å². The molecular formula is C23H25F3IN3O7. The second-order valence-corrected chi connectivity index (χ2v) is 10.3. The van der Waals surface area contributed by atoms with Crippen molar-refractivity contribution in [1.29, 1.82) is 0 Å². The van der Waals surface area contributed by atoms with Crippen LogP contribution in [0.25, 0.3) is 0 Å². The molecule has 0 saturated carbocycles. The number of nitrogens with one attached hydrogen (secondary N) is 2. The molecule has 202 valence electrons. The van der Waals surface area contributed by atoms with Gasteiger partial charge in [-0.25, -0.2) is 13.2 Å². The Kier molecular flexibility index (Phi) is 8.30. The van der Waals surface area contributed by atoms with Gasteiger partial charge in [0.2, 0.25) is 0 Å². The quantitative estimate of drug-likeness (QED) is 0.208. The summed E-state index contributed by atoms with van der Waals surface area (Å²) in [5.74, 6) is -4.10. The van der Waals surface area contributed by atoms with E-state index < -0.39 is 71.9 Å². The lowest BCUT2D eigenvalue weighted by Crippen LogP contribution is -2.70. The van der Waals surface area contributed by atoms with E-state index in [1.54, 1.807) is 6.07 Å². The molecule has 1 unspecified atom stereocenters. The predicted molar refractivity (Wildman–Crippen MR) is 131 cm³/mol. The highest BCUT2D eigenvalue weighted by Gasteiger charge is 2.48. The molecule has 2 aromatic carbocycles. The zero-order chi connectivity index (χ0) is 27.1. The molecule has 1 amide bonds. The number of benzene rings is 2. The third-order valence-corrected chi connectivity index (χ3v) is 7.01. The van der Waals surface area contributed by atoms with E-state index in [0.717, 1.165) is 17.0 Å². The second-order valence-electron chi connectivity index (χ2n) is 9.05. The van der Waals surface area contributed by atoms with Gasteiger partial charge in [-0.15, -0.1) is 0 Å². The molecule has 0 spiro atoms. The molecule has 37 heavy (non-hydrogen) atoms. The van der Waals surface area contributed by atoms with E-state index in [1.165, 1.54) is 12.1 Å². The van der Waals surface area contributed by atoms with Crippen LogP contribution in [0.5, 0.6) is 0 Å². The Morgan fingerprint density at radius 1 is 1.11 bits per heavy atom. The van der Waals surface area contributed by atoms with Crippen LogP contribution in [0, 0.1) is 21.0 Å². The van der Waals surface area contributed by atoms with E-state index in [-0.39, 0.29) is 30.9 Å². The number of β-amino-alcohol motifs (C(OH)–C–C–N with tert-alkyl or cyclic N) is 1. The Hall–Kier alpha value is -2.05. The zero-order valence-electron chi connectivity index (χ0n) is 19.1. The molecular weight excluding hydrogens is 614 g/mol. The first-order chi connectivity index (χ1) is 17.4. The van der Waals surface area contributed by atoms with Crippen molar-refractivity contribution in [3.05, 3.63) is 56.9 Å². The van der Waals surface area contributed by atoms with Crippen molar-refractivity contribution in [3.63, 3.8) is 0 Å². The fourth-order valence-electron chi connectivity index (χ4n) is 4.29. The van der Waals surface area contributed by atoms with Gasteiger partial charge in [-0.3, -0.25) is 4.79 Å². The molecule has 2 aliphatic rings. The van der Waals surface area contributed by atoms with Gasteiger partial charge in [-0.05, 0) is 52.9 Å². The number of amides is 1. The summed E-state index contributed by atoms with van der Waals surface area (Å²) in [7, 11) is 0. The highest BCUT2D eigenvalue weighted by molar-refractivity contribution is 14.1. The number of nitrogens with zero attached hydrogens (tertiary/aromatic N) is 1. The molecule has 2 fully saturated rings. The van der Waals surface area contributed by atoms with Crippen molar-refractivity contribution in [2.24, 2.45) is 0 Å². The minimum absolute atomic E-state index is 0.166. The lowest BCUT2D eigenvalue weighted by Gasteiger charge is -2.48. The number of hydrogen-bond acceptors (Lipinski definition) is 9. The van der Waals surface area contributed by atoms with Crippen molar-refractivity contribution in [2.45, 2.75) is 36.2 Å². The third-order valence-electron chi connectivity index (χ3n) is 6.34. The van der Waals surface area contributed by atoms with Gasteiger partial charge in [0.05, 0.1) is 42.7 Å². The summed E-state index contributed by atoms with van der Waals surface area (Å²) in [4.78, 5) is 14.2. The van der Waals surface area contributed by atoms with Crippen molar-refractivity contribution in [1.82, 2.24) is 10.2 Å². The van der Waals surface area contributed by atoms with Crippen LogP contribution >= 0.6 is 22.6 Å².